The fourth-order valence-corrected chi connectivity index (χ4v) is 1.51. The highest BCUT2D eigenvalue weighted by molar-refractivity contribution is 5.88. The molecule has 1 heterocycles. The molecule has 2 aromatic rings. The van der Waals surface area contributed by atoms with Crippen molar-refractivity contribution in [1.29, 1.82) is 5.41 Å². The molecule has 0 atom stereocenters. The molecule has 1 aromatic heterocycles. The number of para-hydroxylation sites is 1. The lowest BCUT2D eigenvalue weighted by Crippen LogP contribution is -2.12. The molecule has 0 saturated carbocycles. The van der Waals surface area contributed by atoms with Gasteiger partial charge in [-0.2, -0.15) is 0 Å². The predicted molar refractivity (Wildman–Crippen MR) is 57.4 cm³/mol. The summed E-state index contributed by atoms with van der Waals surface area (Å²) in [6.07, 6.45) is 2.24. The standard InChI is InChI=1S/C11H11N3/c12-11(13)7-8-5-6-14-10-4-2-1-3-9(8)10/h1-6H,7H2,(H3,12,13). The number of nitrogens with two attached hydrogens (primary N) is 1. The Morgan fingerprint density at radius 1 is 1.29 bits per heavy atom. The fraction of sp³-hybridized carbons (Fsp3) is 0.0909. The molecule has 0 amide bonds. The van der Waals surface area contributed by atoms with Gasteiger partial charge >= 0.3 is 0 Å². The quantitative estimate of drug-likeness (QED) is 0.552. The van der Waals surface area contributed by atoms with Crippen molar-refractivity contribution in [2.45, 2.75) is 6.42 Å². The number of fused-ring (bicyclic) bond motifs is 1. The zero-order valence-electron chi connectivity index (χ0n) is 7.70. The van der Waals surface area contributed by atoms with Crippen LogP contribution in [0.15, 0.2) is 36.5 Å². The maximum atomic E-state index is 7.26. The second-order valence-corrected chi connectivity index (χ2v) is 3.19. The van der Waals surface area contributed by atoms with Crippen LogP contribution in [0.25, 0.3) is 10.9 Å². The van der Waals surface area contributed by atoms with Crippen LogP contribution < -0.4 is 5.73 Å². The zero-order chi connectivity index (χ0) is 9.97. The summed E-state index contributed by atoms with van der Waals surface area (Å²) in [6.45, 7) is 0. The number of benzene rings is 1. The fourth-order valence-electron chi connectivity index (χ4n) is 1.51. The molecular formula is C11H11N3. The van der Waals surface area contributed by atoms with Gasteiger partial charge in [-0.1, -0.05) is 18.2 Å². The van der Waals surface area contributed by atoms with E-state index in [0.717, 1.165) is 16.5 Å². The van der Waals surface area contributed by atoms with Crippen LogP contribution in [0.5, 0.6) is 0 Å². The van der Waals surface area contributed by atoms with Gasteiger partial charge in [0, 0.05) is 18.0 Å². The number of rotatable bonds is 2. The van der Waals surface area contributed by atoms with E-state index in [2.05, 4.69) is 4.98 Å². The highest BCUT2D eigenvalue weighted by Gasteiger charge is 2.01. The van der Waals surface area contributed by atoms with E-state index in [1.54, 1.807) is 6.20 Å². The number of amidine groups is 1. The summed E-state index contributed by atoms with van der Waals surface area (Å²) in [5, 5.41) is 8.34. The van der Waals surface area contributed by atoms with Gasteiger partial charge in [-0.3, -0.25) is 10.4 Å². The molecule has 0 radical (unpaired) electrons. The molecule has 70 valence electrons. The van der Waals surface area contributed by atoms with E-state index in [1.807, 2.05) is 30.3 Å². The number of aromatic nitrogens is 1. The number of pyridine rings is 1. The number of nitrogens with zero attached hydrogens (tertiary/aromatic N) is 1. The van der Waals surface area contributed by atoms with Crippen LogP contribution in [0.1, 0.15) is 5.56 Å². The Kier molecular flexibility index (Phi) is 2.14. The average Bonchev–Trinajstić information content (AvgIpc) is 2.18. The molecule has 0 aliphatic rings. The van der Waals surface area contributed by atoms with E-state index in [4.69, 9.17) is 11.1 Å². The molecule has 0 saturated heterocycles. The second-order valence-electron chi connectivity index (χ2n) is 3.19. The first-order valence-electron chi connectivity index (χ1n) is 4.43. The minimum Gasteiger partial charge on any atom is -0.387 e. The van der Waals surface area contributed by atoms with Gasteiger partial charge in [-0.05, 0) is 17.7 Å². The van der Waals surface area contributed by atoms with Crippen molar-refractivity contribution in [2.24, 2.45) is 5.73 Å². The summed E-state index contributed by atoms with van der Waals surface area (Å²) in [5.41, 5.74) is 7.39. The first-order chi connectivity index (χ1) is 6.77. The highest BCUT2D eigenvalue weighted by Crippen LogP contribution is 2.16. The van der Waals surface area contributed by atoms with Gasteiger partial charge in [0.1, 0.15) is 0 Å². The first-order valence-corrected chi connectivity index (χ1v) is 4.43. The Balaban J connectivity index is 2.59. The third kappa shape index (κ3) is 1.57. The summed E-state index contributed by atoms with van der Waals surface area (Å²) >= 11 is 0. The lowest BCUT2D eigenvalue weighted by Gasteiger charge is -2.03. The summed E-state index contributed by atoms with van der Waals surface area (Å²) < 4.78 is 0. The molecule has 1 aromatic carbocycles. The third-order valence-electron chi connectivity index (χ3n) is 2.12. The van der Waals surface area contributed by atoms with Crippen LogP contribution in [0.4, 0.5) is 0 Å². The maximum absolute atomic E-state index is 7.26. The van der Waals surface area contributed by atoms with Gasteiger partial charge < -0.3 is 5.73 Å². The molecule has 3 heteroatoms. The molecule has 14 heavy (non-hydrogen) atoms. The molecule has 2 rings (SSSR count). The van der Waals surface area contributed by atoms with Crippen molar-refractivity contribution in [1.82, 2.24) is 4.98 Å². The van der Waals surface area contributed by atoms with E-state index in [1.165, 1.54) is 0 Å². The Bertz CT molecular complexity index is 471. The molecule has 0 fully saturated rings. The molecular weight excluding hydrogens is 174 g/mol. The number of hydrogen-bond acceptors (Lipinski definition) is 2. The van der Waals surface area contributed by atoms with E-state index in [9.17, 15) is 0 Å². The van der Waals surface area contributed by atoms with Crippen LogP contribution in [0, 0.1) is 5.41 Å². The van der Waals surface area contributed by atoms with Crippen molar-refractivity contribution in [3.63, 3.8) is 0 Å². The van der Waals surface area contributed by atoms with Crippen molar-refractivity contribution in [2.75, 3.05) is 0 Å². The molecule has 0 bridgehead atoms. The minimum absolute atomic E-state index is 0.182. The smallest absolute Gasteiger partial charge is 0.0950 e. The van der Waals surface area contributed by atoms with Crippen molar-refractivity contribution < 1.29 is 0 Å². The van der Waals surface area contributed by atoms with Gasteiger partial charge in [0.2, 0.25) is 0 Å². The Morgan fingerprint density at radius 3 is 2.86 bits per heavy atom. The normalized spacial score (nSPS) is 10.3. The monoisotopic (exact) mass is 185 g/mol. The van der Waals surface area contributed by atoms with E-state index in [-0.39, 0.29) is 5.84 Å². The van der Waals surface area contributed by atoms with Gasteiger partial charge in [-0.15, -0.1) is 0 Å². The summed E-state index contributed by atoms with van der Waals surface area (Å²) in [4.78, 5) is 4.24. The summed E-state index contributed by atoms with van der Waals surface area (Å²) in [5.74, 6) is 0.182. The third-order valence-corrected chi connectivity index (χ3v) is 2.12. The van der Waals surface area contributed by atoms with Crippen LogP contribution in [0.2, 0.25) is 0 Å². The summed E-state index contributed by atoms with van der Waals surface area (Å²) in [7, 11) is 0. The van der Waals surface area contributed by atoms with Gasteiger partial charge in [0.15, 0.2) is 0 Å². The SMILES string of the molecule is N=C(N)Cc1ccnc2ccccc12. The number of hydrogen-bond donors (Lipinski definition) is 2. The molecule has 0 aliphatic carbocycles. The molecule has 0 aliphatic heterocycles. The Labute approximate surface area is 82.1 Å². The van der Waals surface area contributed by atoms with Crippen LogP contribution in [-0.4, -0.2) is 10.8 Å². The van der Waals surface area contributed by atoms with E-state index in [0.29, 0.717) is 6.42 Å². The Morgan fingerprint density at radius 2 is 2.07 bits per heavy atom. The Hall–Kier alpha value is -1.90. The molecule has 0 spiro atoms. The van der Waals surface area contributed by atoms with Gasteiger partial charge in [-0.25, -0.2) is 0 Å². The van der Waals surface area contributed by atoms with Crippen molar-refractivity contribution >= 4 is 16.7 Å². The minimum atomic E-state index is 0.182. The van der Waals surface area contributed by atoms with E-state index < -0.39 is 0 Å². The van der Waals surface area contributed by atoms with Gasteiger partial charge in [0.05, 0.1) is 11.4 Å². The van der Waals surface area contributed by atoms with Crippen molar-refractivity contribution in [3.05, 3.63) is 42.1 Å². The van der Waals surface area contributed by atoms with Crippen LogP contribution in [0.3, 0.4) is 0 Å². The topological polar surface area (TPSA) is 62.8 Å². The van der Waals surface area contributed by atoms with Crippen LogP contribution in [-0.2, 0) is 6.42 Å². The lowest BCUT2D eigenvalue weighted by molar-refractivity contribution is 1.25. The largest absolute Gasteiger partial charge is 0.387 e. The zero-order valence-corrected chi connectivity index (χ0v) is 7.70. The van der Waals surface area contributed by atoms with E-state index >= 15 is 0 Å². The second kappa shape index (κ2) is 3.46. The summed E-state index contributed by atoms with van der Waals surface area (Å²) in [6, 6.07) is 9.78. The maximum Gasteiger partial charge on any atom is 0.0950 e. The van der Waals surface area contributed by atoms with Gasteiger partial charge in [0.25, 0.3) is 0 Å². The predicted octanol–water partition coefficient (Wildman–Crippen LogP) is 1.71. The first kappa shape index (κ1) is 8.69. The molecule has 0 unspecified atom stereocenters. The highest BCUT2D eigenvalue weighted by atomic mass is 14.7. The van der Waals surface area contributed by atoms with Crippen molar-refractivity contribution in [3.8, 4) is 0 Å². The molecule has 3 nitrogen and oxygen atoms in total. The number of nitrogens with one attached hydrogen (secondary N) is 1. The average molecular weight is 185 g/mol. The molecule has 3 N–H and O–H groups in total. The van der Waals surface area contributed by atoms with Crippen LogP contribution >= 0.6 is 0 Å². The lowest BCUT2D eigenvalue weighted by atomic mass is 10.1.